The van der Waals surface area contributed by atoms with Gasteiger partial charge in [0.2, 0.25) is 0 Å². The number of hydrogen-bond acceptors (Lipinski definition) is 1. The third-order valence-corrected chi connectivity index (χ3v) is 4.02. The van der Waals surface area contributed by atoms with E-state index in [2.05, 4.69) is 0 Å². The summed E-state index contributed by atoms with van der Waals surface area (Å²) in [6, 6.07) is 23.3. The van der Waals surface area contributed by atoms with Crippen molar-refractivity contribution in [2.45, 2.75) is 6.18 Å². The van der Waals surface area contributed by atoms with Gasteiger partial charge in [-0.1, -0.05) is 72.8 Å². The number of ether oxygens (including phenoxy) is 1. The number of allylic oxidation sites excluding steroid dienone is 1. The topological polar surface area (TPSA) is 9.23 Å². The average Bonchev–Trinajstić information content (AvgIpc) is 2.66. The van der Waals surface area contributed by atoms with Gasteiger partial charge in [-0.2, -0.15) is 13.2 Å². The standard InChI is InChI=1S/C22H17F3O/c1-26-19-14-8-13-18(15-19)21(22(23,24)25)20(16-9-4-2-5-10-16)17-11-6-3-7-12-17/h2-15H,1H3. The van der Waals surface area contributed by atoms with Gasteiger partial charge in [0.15, 0.2) is 0 Å². The Hall–Kier alpha value is -3.01. The summed E-state index contributed by atoms with van der Waals surface area (Å²) in [5.41, 5.74) is 0.544. The molecular weight excluding hydrogens is 337 g/mol. The molecule has 0 aliphatic heterocycles. The molecular formula is C22H17F3O. The number of halogens is 3. The highest BCUT2D eigenvalue weighted by Gasteiger charge is 2.38. The van der Waals surface area contributed by atoms with Crippen LogP contribution in [0.2, 0.25) is 0 Å². The van der Waals surface area contributed by atoms with E-state index in [1.54, 1.807) is 72.8 Å². The number of methoxy groups -OCH3 is 1. The van der Waals surface area contributed by atoms with Crippen molar-refractivity contribution in [1.29, 1.82) is 0 Å². The molecule has 3 aromatic rings. The molecule has 0 saturated carbocycles. The van der Waals surface area contributed by atoms with Gasteiger partial charge in [-0.25, -0.2) is 0 Å². The fourth-order valence-corrected chi connectivity index (χ4v) is 2.89. The third kappa shape index (κ3) is 3.80. The monoisotopic (exact) mass is 354 g/mol. The minimum atomic E-state index is -4.53. The van der Waals surface area contributed by atoms with Gasteiger partial charge in [-0.15, -0.1) is 0 Å². The molecule has 0 unspecified atom stereocenters. The zero-order chi connectivity index (χ0) is 18.6. The lowest BCUT2D eigenvalue weighted by molar-refractivity contribution is -0.0685. The van der Waals surface area contributed by atoms with Crippen molar-refractivity contribution in [3.8, 4) is 5.75 Å². The molecule has 0 atom stereocenters. The predicted octanol–water partition coefficient (Wildman–Crippen LogP) is 6.22. The molecule has 0 aliphatic carbocycles. The molecule has 0 N–H and O–H groups in total. The maximum atomic E-state index is 14.2. The lowest BCUT2D eigenvalue weighted by atomic mass is 9.89. The zero-order valence-corrected chi connectivity index (χ0v) is 14.1. The Labute approximate surface area is 150 Å². The lowest BCUT2D eigenvalue weighted by Crippen LogP contribution is -2.14. The second-order valence-electron chi connectivity index (χ2n) is 5.71. The van der Waals surface area contributed by atoms with E-state index < -0.39 is 11.7 Å². The largest absolute Gasteiger partial charge is 0.497 e. The van der Waals surface area contributed by atoms with Crippen LogP contribution in [0.15, 0.2) is 84.9 Å². The minimum Gasteiger partial charge on any atom is -0.497 e. The second kappa shape index (κ2) is 7.48. The van der Waals surface area contributed by atoms with Crippen molar-refractivity contribution in [3.05, 3.63) is 102 Å². The molecule has 4 heteroatoms. The van der Waals surface area contributed by atoms with Gasteiger partial charge in [0.05, 0.1) is 12.7 Å². The van der Waals surface area contributed by atoms with Crippen molar-refractivity contribution in [2.24, 2.45) is 0 Å². The second-order valence-corrected chi connectivity index (χ2v) is 5.71. The van der Waals surface area contributed by atoms with Gasteiger partial charge in [0, 0.05) is 5.57 Å². The molecule has 0 aliphatic rings. The van der Waals surface area contributed by atoms with Crippen molar-refractivity contribution in [1.82, 2.24) is 0 Å². The van der Waals surface area contributed by atoms with E-state index in [9.17, 15) is 13.2 Å². The average molecular weight is 354 g/mol. The summed E-state index contributed by atoms with van der Waals surface area (Å²) in [5.74, 6) is 0.379. The molecule has 3 aromatic carbocycles. The Balaban J connectivity index is 2.38. The van der Waals surface area contributed by atoms with Crippen LogP contribution in [0.5, 0.6) is 5.75 Å². The smallest absolute Gasteiger partial charge is 0.417 e. The molecule has 0 fully saturated rings. The van der Waals surface area contributed by atoms with Gasteiger partial charge in [0.25, 0.3) is 0 Å². The number of rotatable bonds is 4. The van der Waals surface area contributed by atoms with Gasteiger partial charge in [-0.3, -0.25) is 0 Å². The van der Waals surface area contributed by atoms with Crippen LogP contribution in [0.1, 0.15) is 16.7 Å². The molecule has 3 rings (SSSR count). The summed E-state index contributed by atoms with van der Waals surface area (Å²) in [4.78, 5) is 0. The van der Waals surface area contributed by atoms with E-state index in [0.29, 0.717) is 16.9 Å². The molecule has 0 spiro atoms. The fourth-order valence-electron chi connectivity index (χ4n) is 2.89. The zero-order valence-electron chi connectivity index (χ0n) is 14.1. The highest BCUT2D eigenvalue weighted by atomic mass is 19.4. The highest BCUT2D eigenvalue weighted by molar-refractivity contribution is 6.00. The van der Waals surface area contributed by atoms with Crippen LogP contribution in [-0.4, -0.2) is 13.3 Å². The first-order valence-electron chi connectivity index (χ1n) is 8.07. The molecule has 0 aromatic heterocycles. The molecule has 0 bridgehead atoms. The molecule has 132 valence electrons. The van der Waals surface area contributed by atoms with Gasteiger partial charge in [-0.05, 0) is 28.8 Å². The van der Waals surface area contributed by atoms with Gasteiger partial charge in [0.1, 0.15) is 5.75 Å². The molecule has 0 radical (unpaired) electrons. The predicted molar refractivity (Wildman–Crippen MR) is 97.8 cm³/mol. The summed E-state index contributed by atoms with van der Waals surface area (Å²) in [7, 11) is 1.44. The minimum absolute atomic E-state index is 0.0690. The van der Waals surface area contributed by atoms with Crippen LogP contribution >= 0.6 is 0 Å². The first-order valence-corrected chi connectivity index (χ1v) is 8.07. The van der Waals surface area contributed by atoms with Gasteiger partial charge >= 0.3 is 6.18 Å². The van der Waals surface area contributed by atoms with Crippen molar-refractivity contribution >= 4 is 11.1 Å². The first-order chi connectivity index (χ1) is 12.5. The Morgan fingerprint density at radius 2 is 1.19 bits per heavy atom. The highest BCUT2D eigenvalue weighted by Crippen LogP contribution is 2.43. The summed E-state index contributed by atoms with van der Waals surface area (Å²) >= 11 is 0. The van der Waals surface area contributed by atoms with Crippen molar-refractivity contribution < 1.29 is 17.9 Å². The number of hydrogen-bond donors (Lipinski definition) is 0. The van der Waals surface area contributed by atoms with Gasteiger partial charge < -0.3 is 4.74 Å². The summed E-state index contributed by atoms with van der Waals surface area (Å²) < 4.78 is 47.6. The normalized spacial score (nSPS) is 11.1. The van der Waals surface area contributed by atoms with E-state index in [1.165, 1.54) is 19.2 Å². The SMILES string of the molecule is COc1cccc(C(=C(c2ccccc2)c2ccccc2)C(F)(F)F)c1. The van der Waals surface area contributed by atoms with E-state index in [4.69, 9.17) is 4.74 Å². The summed E-state index contributed by atoms with van der Waals surface area (Å²) in [5, 5.41) is 0. The number of benzene rings is 3. The van der Waals surface area contributed by atoms with Crippen molar-refractivity contribution in [2.75, 3.05) is 7.11 Å². The maximum Gasteiger partial charge on any atom is 0.417 e. The van der Waals surface area contributed by atoms with Crippen LogP contribution in [0.3, 0.4) is 0 Å². The van der Waals surface area contributed by atoms with Crippen molar-refractivity contribution in [3.63, 3.8) is 0 Å². The van der Waals surface area contributed by atoms with E-state index in [1.807, 2.05) is 0 Å². The Morgan fingerprint density at radius 3 is 1.65 bits per heavy atom. The lowest BCUT2D eigenvalue weighted by Gasteiger charge is -2.20. The molecule has 0 amide bonds. The van der Waals surface area contributed by atoms with Crippen LogP contribution in [0, 0.1) is 0 Å². The quantitative estimate of drug-likeness (QED) is 0.506. The van der Waals surface area contributed by atoms with Crippen LogP contribution in [0.25, 0.3) is 11.1 Å². The Morgan fingerprint density at radius 1 is 0.692 bits per heavy atom. The van der Waals surface area contributed by atoms with E-state index in [0.717, 1.165) is 0 Å². The Bertz CT molecular complexity index is 856. The third-order valence-electron chi connectivity index (χ3n) is 4.02. The molecule has 1 nitrogen and oxygen atoms in total. The van der Waals surface area contributed by atoms with Crippen LogP contribution < -0.4 is 4.74 Å². The van der Waals surface area contributed by atoms with E-state index in [-0.39, 0.29) is 11.1 Å². The maximum absolute atomic E-state index is 14.2. The first kappa shape index (κ1) is 17.8. The molecule has 0 heterocycles. The van der Waals surface area contributed by atoms with Crippen LogP contribution in [-0.2, 0) is 0 Å². The fraction of sp³-hybridized carbons (Fsp3) is 0.0909. The molecule has 0 saturated heterocycles. The van der Waals surface area contributed by atoms with E-state index >= 15 is 0 Å². The molecule has 26 heavy (non-hydrogen) atoms. The summed E-state index contributed by atoms with van der Waals surface area (Å²) in [6.45, 7) is 0. The number of alkyl halides is 3. The van der Waals surface area contributed by atoms with Crippen LogP contribution in [0.4, 0.5) is 13.2 Å². The Kier molecular flexibility index (Phi) is 5.12. The summed E-state index contributed by atoms with van der Waals surface area (Å²) in [6.07, 6.45) is -4.53.